The van der Waals surface area contributed by atoms with Crippen LogP contribution in [0.4, 0.5) is 4.79 Å². The van der Waals surface area contributed by atoms with Gasteiger partial charge in [0.1, 0.15) is 11.8 Å². The number of carbonyl (C=O) groups excluding carboxylic acids is 2. The zero-order valence-corrected chi connectivity index (χ0v) is 18.2. The Morgan fingerprint density at radius 1 is 1.25 bits per heavy atom. The predicted molar refractivity (Wildman–Crippen MR) is 121 cm³/mol. The van der Waals surface area contributed by atoms with E-state index in [9.17, 15) is 9.59 Å². The summed E-state index contributed by atoms with van der Waals surface area (Å²) in [6, 6.07) is 12.5. The summed E-state index contributed by atoms with van der Waals surface area (Å²) >= 11 is 6.23. The Hall–Kier alpha value is -3.63. The van der Waals surface area contributed by atoms with E-state index in [-0.39, 0.29) is 13.2 Å². The van der Waals surface area contributed by atoms with Crippen molar-refractivity contribution in [1.29, 1.82) is 0 Å². The number of nitrogens with two attached hydrogens (primary N) is 1. The number of halogens is 1. The van der Waals surface area contributed by atoms with Crippen LogP contribution in [0.25, 0.3) is 10.9 Å². The molecule has 2 amide bonds. The minimum Gasteiger partial charge on any atom is -0.484 e. The van der Waals surface area contributed by atoms with Gasteiger partial charge in [-0.1, -0.05) is 29.7 Å². The average molecular weight is 452 g/mol. The molecule has 0 fully saturated rings. The molecule has 164 valence electrons. The molecular formula is C24H22ClN3O4. The lowest BCUT2D eigenvalue weighted by atomic mass is 9.92. The van der Waals surface area contributed by atoms with Crippen LogP contribution in [0.15, 0.2) is 42.5 Å². The number of amides is 2. The minimum atomic E-state index is -0.549. The first-order valence-electron chi connectivity index (χ1n) is 10.1. The van der Waals surface area contributed by atoms with E-state index in [1.165, 1.54) is 0 Å². The monoisotopic (exact) mass is 451 g/mol. The number of carbonyl (C=O) groups is 2. The molecule has 7 nitrogen and oxygen atoms in total. The van der Waals surface area contributed by atoms with Crippen molar-refractivity contribution in [2.24, 2.45) is 5.73 Å². The third-order valence-electron chi connectivity index (χ3n) is 5.35. The molecular weight excluding hydrogens is 430 g/mol. The zero-order valence-electron chi connectivity index (χ0n) is 17.5. The Morgan fingerprint density at radius 3 is 2.75 bits per heavy atom. The molecule has 2 heterocycles. The molecule has 1 unspecified atom stereocenters. The van der Waals surface area contributed by atoms with Gasteiger partial charge in [-0.25, -0.2) is 4.79 Å². The number of hydrogen-bond acceptors (Lipinski definition) is 4. The van der Waals surface area contributed by atoms with E-state index in [0.29, 0.717) is 23.7 Å². The molecule has 2 aromatic carbocycles. The topological polar surface area (TPSA) is 97.7 Å². The third-order valence-corrected chi connectivity index (χ3v) is 5.58. The van der Waals surface area contributed by atoms with Gasteiger partial charge in [0.15, 0.2) is 13.2 Å². The number of nitrogens with zero attached hydrogens (tertiary/aromatic N) is 1. The number of ether oxygens (including phenoxy) is 2. The van der Waals surface area contributed by atoms with Crippen molar-refractivity contribution < 1.29 is 19.1 Å². The van der Waals surface area contributed by atoms with Crippen LogP contribution in [0.2, 0.25) is 5.02 Å². The largest absolute Gasteiger partial charge is 0.484 e. The summed E-state index contributed by atoms with van der Waals surface area (Å²) < 4.78 is 10.7. The van der Waals surface area contributed by atoms with E-state index in [1.54, 1.807) is 24.0 Å². The maximum absolute atomic E-state index is 12.9. The first kappa shape index (κ1) is 21.6. The zero-order chi connectivity index (χ0) is 22.7. The number of benzene rings is 2. The van der Waals surface area contributed by atoms with Crippen molar-refractivity contribution in [2.75, 3.05) is 19.8 Å². The van der Waals surface area contributed by atoms with Crippen LogP contribution in [0, 0.1) is 11.8 Å². The lowest BCUT2D eigenvalue weighted by Crippen LogP contribution is -2.41. The molecule has 1 aliphatic rings. The summed E-state index contributed by atoms with van der Waals surface area (Å²) in [5.74, 6) is 5.44. The number of H-pyrrole nitrogens is 1. The average Bonchev–Trinajstić information content (AvgIpc) is 3.15. The number of nitrogens with one attached hydrogen (secondary N) is 1. The summed E-state index contributed by atoms with van der Waals surface area (Å²) in [5, 5.41) is 1.70. The Balaban J connectivity index is 1.73. The molecule has 0 saturated heterocycles. The molecule has 0 spiro atoms. The Labute approximate surface area is 190 Å². The third kappa shape index (κ3) is 4.36. The molecule has 1 aliphatic heterocycles. The fourth-order valence-electron chi connectivity index (χ4n) is 3.96. The summed E-state index contributed by atoms with van der Waals surface area (Å²) in [6.45, 7) is 2.01. The summed E-state index contributed by atoms with van der Waals surface area (Å²) in [4.78, 5) is 29.0. The highest BCUT2D eigenvalue weighted by Gasteiger charge is 2.35. The van der Waals surface area contributed by atoms with Gasteiger partial charge in [0.05, 0.1) is 0 Å². The van der Waals surface area contributed by atoms with Crippen LogP contribution < -0.4 is 10.5 Å². The predicted octanol–water partition coefficient (Wildman–Crippen LogP) is 3.79. The minimum absolute atomic E-state index is 0.0353. The first-order chi connectivity index (χ1) is 15.5. The second-order valence-corrected chi connectivity index (χ2v) is 7.79. The van der Waals surface area contributed by atoms with Crippen molar-refractivity contribution in [3.63, 3.8) is 0 Å². The quantitative estimate of drug-likeness (QED) is 0.576. The molecule has 1 atom stereocenters. The van der Waals surface area contributed by atoms with Gasteiger partial charge in [-0.05, 0) is 54.8 Å². The number of aromatic amines is 1. The van der Waals surface area contributed by atoms with Crippen molar-refractivity contribution >= 4 is 34.5 Å². The highest BCUT2D eigenvalue weighted by molar-refractivity contribution is 6.31. The van der Waals surface area contributed by atoms with Gasteiger partial charge in [-0.15, -0.1) is 5.92 Å². The van der Waals surface area contributed by atoms with Crippen LogP contribution in [0.5, 0.6) is 5.75 Å². The molecule has 0 aliphatic carbocycles. The van der Waals surface area contributed by atoms with Gasteiger partial charge in [0.2, 0.25) is 0 Å². The molecule has 0 saturated carbocycles. The second kappa shape index (κ2) is 9.25. The molecule has 0 bridgehead atoms. The van der Waals surface area contributed by atoms with Crippen molar-refractivity contribution in [3.8, 4) is 17.6 Å². The maximum atomic E-state index is 12.9. The standard InChI is InChI=1S/C24H22ClN3O4/c1-2-3-12-31-24(30)28-11-10-18-19-13-16(25)6-9-20(19)27-22(18)23(28)15-4-7-17(8-5-15)32-14-21(26)29/h4-9,13,23,27H,10-12,14H2,1H3,(H2,26,29). The number of primary amides is 1. The van der Waals surface area contributed by atoms with E-state index >= 15 is 0 Å². The normalized spacial score (nSPS) is 14.9. The molecule has 8 heteroatoms. The highest BCUT2D eigenvalue weighted by Crippen LogP contribution is 2.39. The Morgan fingerprint density at radius 2 is 2.03 bits per heavy atom. The molecule has 32 heavy (non-hydrogen) atoms. The van der Waals surface area contributed by atoms with Gasteiger partial charge < -0.3 is 20.2 Å². The van der Waals surface area contributed by atoms with E-state index in [0.717, 1.165) is 27.7 Å². The van der Waals surface area contributed by atoms with Gasteiger partial charge >= 0.3 is 6.09 Å². The summed E-state index contributed by atoms with van der Waals surface area (Å²) in [6.07, 6.45) is 0.231. The van der Waals surface area contributed by atoms with Gasteiger partial charge in [-0.3, -0.25) is 9.69 Å². The smallest absolute Gasteiger partial charge is 0.411 e. The number of hydrogen-bond donors (Lipinski definition) is 2. The van der Waals surface area contributed by atoms with Gasteiger partial charge in [0.25, 0.3) is 5.91 Å². The van der Waals surface area contributed by atoms with Crippen LogP contribution in [0.1, 0.15) is 29.8 Å². The lowest BCUT2D eigenvalue weighted by Gasteiger charge is -2.35. The van der Waals surface area contributed by atoms with E-state index in [1.807, 2.05) is 30.3 Å². The van der Waals surface area contributed by atoms with Gasteiger partial charge in [0, 0.05) is 28.2 Å². The van der Waals surface area contributed by atoms with Crippen molar-refractivity contribution in [3.05, 3.63) is 64.3 Å². The second-order valence-electron chi connectivity index (χ2n) is 7.36. The molecule has 4 rings (SSSR count). The van der Waals surface area contributed by atoms with Gasteiger partial charge in [-0.2, -0.15) is 0 Å². The summed E-state index contributed by atoms with van der Waals surface area (Å²) in [5.41, 5.74) is 9.01. The SMILES string of the molecule is CC#CCOC(=O)N1CCc2c([nH]c3ccc(Cl)cc23)C1c1ccc(OCC(N)=O)cc1. The number of rotatable bonds is 5. The van der Waals surface area contributed by atoms with Crippen molar-refractivity contribution in [2.45, 2.75) is 19.4 Å². The Bertz CT molecular complexity index is 1220. The fourth-order valence-corrected chi connectivity index (χ4v) is 4.13. The van der Waals surface area contributed by atoms with Crippen LogP contribution >= 0.6 is 11.6 Å². The molecule has 1 aromatic heterocycles. The Kier molecular flexibility index (Phi) is 6.24. The number of aromatic nitrogens is 1. The fraction of sp³-hybridized carbons (Fsp3) is 0.250. The van der Waals surface area contributed by atoms with Crippen LogP contribution in [0.3, 0.4) is 0 Å². The van der Waals surface area contributed by atoms with Crippen molar-refractivity contribution in [1.82, 2.24) is 9.88 Å². The van der Waals surface area contributed by atoms with E-state index < -0.39 is 18.0 Å². The van der Waals surface area contributed by atoms with E-state index in [2.05, 4.69) is 16.8 Å². The molecule has 3 N–H and O–H groups in total. The first-order valence-corrected chi connectivity index (χ1v) is 10.5. The van der Waals surface area contributed by atoms with E-state index in [4.69, 9.17) is 26.8 Å². The summed E-state index contributed by atoms with van der Waals surface area (Å²) in [7, 11) is 0. The molecule has 3 aromatic rings. The molecule has 0 radical (unpaired) electrons. The number of fused-ring (bicyclic) bond motifs is 3. The van der Waals surface area contributed by atoms with Crippen LogP contribution in [-0.4, -0.2) is 41.6 Å². The van der Waals surface area contributed by atoms with Crippen LogP contribution in [-0.2, 0) is 16.0 Å². The lowest BCUT2D eigenvalue weighted by molar-refractivity contribution is -0.119. The highest BCUT2D eigenvalue weighted by atomic mass is 35.5. The maximum Gasteiger partial charge on any atom is 0.411 e.